The Morgan fingerprint density at radius 3 is 1.76 bits per heavy atom. The Balaban J connectivity index is 1.79. The van der Waals surface area contributed by atoms with E-state index in [1.165, 1.54) is 0 Å². The lowest BCUT2D eigenvalue weighted by molar-refractivity contribution is -0.0675. The van der Waals surface area contributed by atoms with E-state index in [-0.39, 0.29) is 12.2 Å². The van der Waals surface area contributed by atoms with Crippen LogP contribution in [-0.2, 0) is 18.0 Å². The van der Waals surface area contributed by atoms with Gasteiger partial charge in [0, 0.05) is 18.2 Å². The second-order valence-corrected chi connectivity index (χ2v) is 6.41. The van der Waals surface area contributed by atoms with Crippen LogP contribution in [0.4, 0.5) is 0 Å². The molecule has 0 aromatic heterocycles. The highest BCUT2D eigenvalue weighted by Gasteiger charge is 2.19. The molecule has 0 bridgehead atoms. The fourth-order valence-electron chi connectivity index (χ4n) is 2.74. The van der Waals surface area contributed by atoms with Gasteiger partial charge in [-0.25, -0.2) is 0 Å². The van der Waals surface area contributed by atoms with Crippen molar-refractivity contribution in [2.45, 2.75) is 26.4 Å². The van der Waals surface area contributed by atoms with Gasteiger partial charge in [-0.2, -0.15) is 0 Å². The highest BCUT2D eigenvalue weighted by molar-refractivity contribution is 5.99. The predicted molar refractivity (Wildman–Crippen MR) is 110 cm³/mol. The van der Waals surface area contributed by atoms with Crippen LogP contribution < -0.4 is 9.47 Å². The molecule has 0 saturated carbocycles. The Morgan fingerprint density at radius 1 is 0.828 bits per heavy atom. The van der Waals surface area contributed by atoms with E-state index in [0.717, 1.165) is 11.1 Å². The van der Waals surface area contributed by atoms with E-state index in [1.54, 1.807) is 25.1 Å². The van der Waals surface area contributed by atoms with Crippen molar-refractivity contribution in [1.29, 1.82) is 0 Å². The molecule has 29 heavy (non-hydrogen) atoms. The number of carbonyl (C=O) groups is 1. The van der Waals surface area contributed by atoms with E-state index in [0.29, 0.717) is 24.7 Å². The molecule has 0 amide bonds. The maximum Gasteiger partial charge on any atom is 0.220 e. The molecule has 1 unspecified atom stereocenters. The Bertz CT molecular complexity index is 847. The van der Waals surface area contributed by atoms with Crippen molar-refractivity contribution in [3.8, 4) is 11.5 Å². The van der Waals surface area contributed by atoms with Crippen LogP contribution in [-0.4, -0.2) is 23.8 Å². The summed E-state index contributed by atoms with van der Waals surface area (Å²) in [5.74, 6) is 0.416. The molecule has 3 rings (SSSR count). The number of hydrogen-bond acceptors (Lipinski definition) is 5. The number of hydrogen-bond donors (Lipinski definition) is 1. The molecule has 0 aliphatic carbocycles. The van der Waals surface area contributed by atoms with Gasteiger partial charge in [0.15, 0.2) is 0 Å². The third kappa shape index (κ3) is 6.17. The van der Waals surface area contributed by atoms with Gasteiger partial charge in [-0.05, 0) is 30.2 Å². The molecule has 5 nitrogen and oxygen atoms in total. The Kier molecular flexibility index (Phi) is 7.39. The van der Waals surface area contributed by atoms with Gasteiger partial charge in [0.2, 0.25) is 12.1 Å². The normalized spacial score (nSPS) is 11.7. The summed E-state index contributed by atoms with van der Waals surface area (Å²) in [6.45, 7) is 2.65. The summed E-state index contributed by atoms with van der Waals surface area (Å²) in [5.41, 5.74) is 2.27. The monoisotopic (exact) mass is 392 g/mol. The minimum Gasteiger partial charge on any atom is -0.489 e. The summed E-state index contributed by atoms with van der Waals surface area (Å²) in [6.07, 6.45) is -1.52. The van der Waals surface area contributed by atoms with Gasteiger partial charge in [0.1, 0.15) is 24.7 Å². The first-order chi connectivity index (χ1) is 14.2. The van der Waals surface area contributed by atoms with Crippen molar-refractivity contribution in [2.75, 3.05) is 6.61 Å². The lowest BCUT2D eigenvalue weighted by Crippen LogP contribution is -2.23. The summed E-state index contributed by atoms with van der Waals surface area (Å²) in [7, 11) is 0. The number of rotatable bonds is 10. The molecule has 1 N–H and O–H groups in total. The maximum absolute atomic E-state index is 12.5. The Labute approximate surface area is 170 Å². The van der Waals surface area contributed by atoms with E-state index in [4.69, 9.17) is 14.2 Å². The van der Waals surface area contributed by atoms with Crippen LogP contribution in [0.25, 0.3) is 0 Å². The van der Waals surface area contributed by atoms with E-state index in [1.807, 2.05) is 60.7 Å². The van der Waals surface area contributed by atoms with Crippen LogP contribution in [0.2, 0.25) is 0 Å². The van der Waals surface area contributed by atoms with Gasteiger partial charge >= 0.3 is 0 Å². The van der Waals surface area contributed by atoms with Crippen LogP contribution in [0.1, 0.15) is 28.4 Å². The van der Waals surface area contributed by atoms with Crippen LogP contribution in [0.5, 0.6) is 11.5 Å². The molecule has 3 aromatic carbocycles. The quantitative estimate of drug-likeness (QED) is 0.410. The second kappa shape index (κ2) is 10.4. The molecule has 5 heteroatoms. The fourth-order valence-corrected chi connectivity index (χ4v) is 2.74. The molecule has 0 aliphatic heterocycles. The zero-order chi connectivity index (χ0) is 20.5. The number of benzene rings is 3. The molecular formula is C24H24O5. The summed E-state index contributed by atoms with van der Waals surface area (Å²) >= 11 is 0. The van der Waals surface area contributed by atoms with Crippen molar-refractivity contribution in [3.05, 3.63) is 95.6 Å². The molecule has 0 saturated heterocycles. The van der Waals surface area contributed by atoms with Crippen LogP contribution in [0, 0.1) is 0 Å². The summed E-state index contributed by atoms with van der Waals surface area (Å²) in [5, 5.41) is 9.92. The average Bonchev–Trinajstić information content (AvgIpc) is 2.77. The summed E-state index contributed by atoms with van der Waals surface area (Å²) in [6, 6.07) is 24.4. The fraction of sp³-hybridized carbons (Fsp3) is 0.208. The van der Waals surface area contributed by atoms with Crippen molar-refractivity contribution < 1.29 is 24.1 Å². The minimum absolute atomic E-state index is 0.231. The van der Waals surface area contributed by atoms with Gasteiger partial charge in [0.05, 0.1) is 0 Å². The maximum atomic E-state index is 12.5. The second-order valence-electron chi connectivity index (χ2n) is 6.41. The largest absolute Gasteiger partial charge is 0.489 e. The lowest BCUT2D eigenvalue weighted by atomic mass is 10.1. The number of ether oxygens (including phenoxy) is 3. The topological polar surface area (TPSA) is 65.0 Å². The molecule has 0 spiro atoms. The van der Waals surface area contributed by atoms with Gasteiger partial charge in [-0.1, -0.05) is 60.7 Å². The number of Topliss-reactive ketones (excluding diaryl/α,β-unsaturated/α-hetero) is 1. The van der Waals surface area contributed by atoms with E-state index >= 15 is 0 Å². The first-order valence-corrected chi connectivity index (χ1v) is 9.48. The molecule has 0 radical (unpaired) electrons. The molecular weight excluding hydrogens is 368 g/mol. The highest BCUT2D eigenvalue weighted by atomic mass is 16.6. The van der Waals surface area contributed by atoms with Crippen LogP contribution in [0.15, 0.2) is 78.9 Å². The third-order valence-electron chi connectivity index (χ3n) is 4.21. The number of aliphatic hydroxyl groups is 1. The first-order valence-electron chi connectivity index (χ1n) is 9.48. The number of aliphatic hydroxyl groups excluding tert-OH is 1. The number of ketones is 1. The molecule has 3 aromatic rings. The van der Waals surface area contributed by atoms with E-state index in [2.05, 4.69) is 0 Å². The average molecular weight is 392 g/mol. The molecule has 0 fully saturated rings. The Morgan fingerprint density at radius 2 is 1.31 bits per heavy atom. The van der Waals surface area contributed by atoms with Crippen LogP contribution >= 0.6 is 0 Å². The number of carbonyl (C=O) groups excluding carboxylic acids is 1. The van der Waals surface area contributed by atoms with Crippen molar-refractivity contribution in [1.82, 2.24) is 0 Å². The van der Waals surface area contributed by atoms with Gasteiger partial charge in [-0.3, -0.25) is 4.79 Å². The third-order valence-corrected chi connectivity index (χ3v) is 4.21. The molecule has 0 heterocycles. The standard InChI is InChI=1S/C24H24O5/c1-2-27-24(26)23(25)20-13-21(28-16-18-9-5-3-6-10-18)15-22(14-20)29-17-19-11-7-4-8-12-19/h3-15,24,26H,2,16-17H2,1H3. The minimum atomic E-state index is -1.52. The smallest absolute Gasteiger partial charge is 0.220 e. The van der Waals surface area contributed by atoms with Crippen molar-refractivity contribution >= 4 is 5.78 Å². The van der Waals surface area contributed by atoms with Crippen molar-refractivity contribution in [2.24, 2.45) is 0 Å². The predicted octanol–water partition coefficient (Wildman–Crippen LogP) is 4.38. The van der Waals surface area contributed by atoms with Crippen LogP contribution in [0.3, 0.4) is 0 Å². The highest BCUT2D eigenvalue weighted by Crippen LogP contribution is 2.26. The zero-order valence-corrected chi connectivity index (χ0v) is 16.3. The summed E-state index contributed by atoms with van der Waals surface area (Å²) in [4.78, 5) is 12.5. The van der Waals surface area contributed by atoms with Gasteiger partial charge in [0.25, 0.3) is 0 Å². The zero-order valence-electron chi connectivity index (χ0n) is 16.3. The van der Waals surface area contributed by atoms with E-state index in [9.17, 15) is 9.90 Å². The Hall–Kier alpha value is -3.15. The van der Waals surface area contributed by atoms with Crippen molar-refractivity contribution in [3.63, 3.8) is 0 Å². The first kappa shape index (κ1) is 20.6. The molecule has 1 atom stereocenters. The SMILES string of the molecule is CCOC(O)C(=O)c1cc(OCc2ccccc2)cc(OCc2ccccc2)c1. The molecule has 150 valence electrons. The summed E-state index contributed by atoms with van der Waals surface area (Å²) < 4.78 is 16.7. The van der Waals surface area contributed by atoms with E-state index < -0.39 is 12.1 Å². The lowest BCUT2D eigenvalue weighted by Gasteiger charge is -2.14. The van der Waals surface area contributed by atoms with Gasteiger partial charge in [-0.15, -0.1) is 0 Å². The molecule has 0 aliphatic rings. The van der Waals surface area contributed by atoms with Gasteiger partial charge < -0.3 is 19.3 Å².